The molecule has 4 rings (SSSR count). The number of fused-ring (bicyclic) bond motifs is 1. The first-order valence-corrected chi connectivity index (χ1v) is 9.75. The Morgan fingerprint density at radius 3 is 2.59 bits per heavy atom. The summed E-state index contributed by atoms with van der Waals surface area (Å²) in [5.41, 5.74) is 3.68. The third-order valence-corrected chi connectivity index (χ3v) is 5.97. The molecule has 1 unspecified atom stereocenters. The van der Waals surface area contributed by atoms with E-state index in [-0.39, 0.29) is 23.8 Å². The van der Waals surface area contributed by atoms with E-state index in [2.05, 4.69) is 5.32 Å². The van der Waals surface area contributed by atoms with Gasteiger partial charge in [-0.05, 0) is 34.7 Å². The molecule has 3 aromatic rings. The molecular weight excluding hydrogens is 382 g/mol. The molecule has 4 nitrogen and oxygen atoms in total. The fraction of sp³-hybridized carbons (Fsp3) is 0.143. The highest BCUT2D eigenvalue weighted by Gasteiger charge is 2.28. The third kappa shape index (κ3) is 3.48. The zero-order valence-electron chi connectivity index (χ0n) is 14.2. The van der Waals surface area contributed by atoms with Crippen LogP contribution in [0.4, 0.5) is 5.69 Å². The highest BCUT2D eigenvalue weighted by Crippen LogP contribution is 2.34. The molecule has 1 atom stereocenters. The summed E-state index contributed by atoms with van der Waals surface area (Å²) in [6.45, 7) is 0. The van der Waals surface area contributed by atoms with Gasteiger partial charge >= 0.3 is 5.97 Å². The summed E-state index contributed by atoms with van der Waals surface area (Å²) in [4.78, 5) is 25.2. The molecule has 0 amide bonds. The average molecular weight is 398 g/mol. The van der Waals surface area contributed by atoms with Gasteiger partial charge in [0.1, 0.15) is 0 Å². The van der Waals surface area contributed by atoms with Crippen LogP contribution in [0.5, 0.6) is 0 Å². The molecule has 2 aromatic carbocycles. The molecule has 136 valence electrons. The van der Waals surface area contributed by atoms with E-state index in [1.165, 1.54) is 11.3 Å². The van der Waals surface area contributed by atoms with Crippen LogP contribution in [0.1, 0.15) is 20.8 Å². The van der Waals surface area contributed by atoms with Gasteiger partial charge in [0.2, 0.25) is 0 Å². The molecule has 1 aromatic heterocycles. The molecule has 2 N–H and O–H groups in total. The van der Waals surface area contributed by atoms with Gasteiger partial charge in [-0.1, -0.05) is 41.9 Å². The first-order valence-electron chi connectivity index (χ1n) is 8.49. The number of carbonyl (C=O) groups is 2. The number of ketones is 1. The van der Waals surface area contributed by atoms with E-state index >= 15 is 0 Å². The van der Waals surface area contributed by atoms with Crippen molar-refractivity contribution in [2.45, 2.75) is 18.9 Å². The van der Waals surface area contributed by atoms with E-state index < -0.39 is 5.97 Å². The van der Waals surface area contributed by atoms with Gasteiger partial charge in [0.05, 0.1) is 11.6 Å². The van der Waals surface area contributed by atoms with E-state index in [9.17, 15) is 14.7 Å². The Kier molecular flexibility index (Phi) is 4.72. The van der Waals surface area contributed by atoms with Crippen molar-refractivity contribution < 1.29 is 14.7 Å². The second-order valence-corrected chi connectivity index (χ2v) is 7.86. The summed E-state index contributed by atoms with van der Waals surface area (Å²) in [5.74, 6) is -1.02. The minimum absolute atomic E-state index is 0.00166. The number of hydrogen-bond donors (Lipinski definition) is 2. The predicted octanol–water partition coefficient (Wildman–Crippen LogP) is 4.92. The number of carboxylic acids is 1. The van der Waals surface area contributed by atoms with Crippen LogP contribution in [0.25, 0.3) is 11.1 Å². The second kappa shape index (κ2) is 7.18. The Bertz CT molecular complexity index is 1000. The Hall–Kier alpha value is -2.63. The molecule has 1 aliphatic heterocycles. The van der Waals surface area contributed by atoms with Gasteiger partial charge in [-0.3, -0.25) is 4.79 Å². The third-order valence-electron chi connectivity index (χ3n) is 4.73. The SMILES string of the molecule is O=C(O)c1c(-c2ccc(Cl)cc2)csc1CC(=O)C1Cc2ccccc2N1. The lowest BCUT2D eigenvalue weighted by molar-refractivity contribution is -0.119. The molecule has 0 aliphatic carbocycles. The molecule has 0 fully saturated rings. The summed E-state index contributed by atoms with van der Waals surface area (Å²) in [5, 5.41) is 15.4. The largest absolute Gasteiger partial charge is 0.478 e. The van der Waals surface area contributed by atoms with Crippen molar-refractivity contribution in [2.75, 3.05) is 5.32 Å². The number of thiophene rings is 1. The Morgan fingerprint density at radius 2 is 1.89 bits per heavy atom. The van der Waals surface area contributed by atoms with Gasteiger partial charge in [0.25, 0.3) is 0 Å². The molecule has 0 radical (unpaired) electrons. The molecule has 2 heterocycles. The molecule has 0 saturated carbocycles. The zero-order valence-corrected chi connectivity index (χ0v) is 15.8. The first kappa shape index (κ1) is 17.8. The smallest absolute Gasteiger partial charge is 0.337 e. The van der Waals surface area contributed by atoms with Crippen molar-refractivity contribution in [2.24, 2.45) is 0 Å². The maximum atomic E-state index is 12.8. The topological polar surface area (TPSA) is 66.4 Å². The number of carboxylic acid groups (broad SMARTS) is 1. The van der Waals surface area contributed by atoms with Gasteiger partial charge in [0, 0.05) is 34.0 Å². The number of hydrogen-bond acceptors (Lipinski definition) is 4. The molecule has 0 bridgehead atoms. The highest BCUT2D eigenvalue weighted by molar-refractivity contribution is 7.11. The van der Waals surface area contributed by atoms with Crippen molar-refractivity contribution in [1.29, 1.82) is 0 Å². The summed E-state index contributed by atoms with van der Waals surface area (Å²) in [6, 6.07) is 14.6. The van der Waals surface area contributed by atoms with E-state index in [1.54, 1.807) is 29.6 Å². The van der Waals surface area contributed by atoms with E-state index in [4.69, 9.17) is 11.6 Å². The number of benzene rings is 2. The highest BCUT2D eigenvalue weighted by atomic mass is 35.5. The lowest BCUT2D eigenvalue weighted by Crippen LogP contribution is -2.28. The fourth-order valence-electron chi connectivity index (χ4n) is 3.38. The van der Waals surface area contributed by atoms with Crippen LogP contribution >= 0.6 is 22.9 Å². The van der Waals surface area contributed by atoms with Crippen LogP contribution in [0.3, 0.4) is 0 Å². The number of aromatic carboxylic acids is 1. The summed E-state index contributed by atoms with van der Waals surface area (Å²) >= 11 is 7.23. The standard InChI is InChI=1S/C21H16ClNO3S/c22-14-7-5-12(6-8-14)15-11-27-19(20(15)21(25)26)10-18(24)17-9-13-3-1-2-4-16(13)23-17/h1-8,11,17,23H,9-10H2,(H,25,26). The van der Waals surface area contributed by atoms with Crippen LogP contribution in [-0.4, -0.2) is 22.9 Å². The van der Waals surface area contributed by atoms with Crippen LogP contribution in [0, 0.1) is 0 Å². The number of carbonyl (C=O) groups excluding carboxylic acids is 1. The Labute approximate surface area is 165 Å². The van der Waals surface area contributed by atoms with E-state index in [0.29, 0.717) is 21.9 Å². The minimum atomic E-state index is -1.02. The minimum Gasteiger partial charge on any atom is -0.478 e. The maximum Gasteiger partial charge on any atom is 0.337 e. The summed E-state index contributed by atoms with van der Waals surface area (Å²) in [7, 11) is 0. The van der Waals surface area contributed by atoms with Crippen molar-refractivity contribution in [3.8, 4) is 11.1 Å². The molecule has 27 heavy (non-hydrogen) atoms. The number of para-hydroxylation sites is 1. The molecule has 1 aliphatic rings. The number of Topliss-reactive ketones (excluding diaryl/α,β-unsaturated/α-hetero) is 1. The number of nitrogens with one attached hydrogen (secondary N) is 1. The predicted molar refractivity (Wildman–Crippen MR) is 108 cm³/mol. The van der Waals surface area contributed by atoms with Crippen LogP contribution in [0.2, 0.25) is 5.02 Å². The van der Waals surface area contributed by atoms with Crippen molar-refractivity contribution in [1.82, 2.24) is 0 Å². The van der Waals surface area contributed by atoms with Crippen molar-refractivity contribution in [3.05, 3.63) is 74.9 Å². The Balaban J connectivity index is 1.58. The van der Waals surface area contributed by atoms with Crippen LogP contribution in [0.15, 0.2) is 53.9 Å². The normalized spacial score (nSPS) is 15.2. The first-order chi connectivity index (χ1) is 13.0. The van der Waals surface area contributed by atoms with Gasteiger partial charge in [0.15, 0.2) is 5.78 Å². The van der Waals surface area contributed by atoms with Crippen molar-refractivity contribution >= 4 is 40.4 Å². The average Bonchev–Trinajstić information content (AvgIpc) is 3.26. The molecular formula is C21H16ClNO3S. The van der Waals surface area contributed by atoms with Gasteiger partial charge in [-0.2, -0.15) is 0 Å². The lowest BCUT2D eigenvalue weighted by atomic mass is 9.99. The molecule has 0 saturated heterocycles. The zero-order chi connectivity index (χ0) is 19.0. The van der Waals surface area contributed by atoms with Gasteiger partial charge in [-0.15, -0.1) is 11.3 Å². The van der Waals surface area contributed by atoms with Crippen molar-refractivity contribution in [3.63, 3.8) is 0 Å². The quantitative estimate of drug-likeness (QED) is 0.641. The number of halogens is 1. The summed E-state index contributed by atoms with van der Waals surface area (Å²) < 4.78 is 0. The summed E-state index contributed by atoms with van der Waals surface area (Å²) in [6.07, 6.45) is 0.734. The van der Waals surface area contributed by atoms with Gasteiger partial charge in [-0.25, -0.2) is 4.79 Å². The van der Waals surface area contributed by atoms with E-state index in [0.717, 1.165) is 16.8 Å². The second-order valence-electron chi connectivity index (χ2n) is 6.46. The van der Waals surface area contributed by atoms with Gasteiger partial charge < -0.3 is 10.4 Å². The molecule has 6 heteroatoms. The molecule has 0 spiro atoms. The van der Waals surface area contributed by atoms with Crippen LogP contribution < -0.4 is 5.32 Å². The lowest BCUT2D eigenvalue weighted by Gasteiger charge is -2.10. The van der Waals surface area contributed by atoms with Crippen LogP contribution in [-0.2, 0) is 17.6 Å². The monoisotopic (exact) mass is 397 g/mol. The maximum absolute atomic E-state index is 12.8. The fourth-order valence-corrected chi connectivity index (χ4v) is 4.56. The Morgan fingerprint density at radius 1 is 1.15 bits per heavy atom. The van der Waals surface area contributed by atoms with E-state index in [1.807, 2.05) is 24.3 Å². The number of rotatable bonds is 5. The number of anilines is 1.